The van der Waals surface area contributed by atoms with Crippen LogP contribution >= 0.6 is 11.8 Å². The molecule has 1 saturated carbocycles. The third kappa shape index (κ3) is 4.47. The van der Waals surface area contributed by atoms with Crippen molar-refractivity contribution < 1.29 is 14.4 Å². The van der Waals surface area contributed by atoms with Crippen LogP contribution in [-0.4, -0.2) is 46.5 Å². The molecular weight excluding hydrogens is 410 g/mol. The Morgan fingerprint density at radius 3 is 2.58 bits per heavy atom. The normalized spacial score (nSPS) is 25.4. The van der Waals surface area contributed by atoms with E-state index in [1.807, 2.05) is 38.1 Å². The molecule has 3 amide bonds. The number of nitrogens with zero attached hydrogens (tertiary/aromatic N) is 1. The van der Waals surface area contributed by atoms with E-state index in [2.05, 4.69) is 10.6 Å². The van der Waals surface area contributed by atoms with Crippen LogP contribution in [-0.2, 0) is 9.59 Å². The topological polar surface area (TPSA) is 78.5 Å². The lowest BCUT2D eigenvalue weighted by atomic mass is 9.97. The molecule has 1 aliphatic carbocycles. The van der Waals surface area contributed by atoms with Crippen molar-refractivity contribution in [1.29, 1.82) is 0 Å². The maximum Gasteiger partial charge on any atom is 0.256 e. The number of hydrogen-bond donors (Lipinski definition) is 2. The van der Waals surface area contributed by atoms with E-state index in [9.17, 15) is 14.4 Å². The molecule has 2 heterocycles. The quantitative estimate of drug-likeness (QED) is 0.658. The van der Waals surface area contributed by atoms with Gasteiger partial charge in [0.1, 0.15) is 17.5 Å². The summed E-state index contributed by atoms with van der Waals surface area (Å²) >= 11 is 1.62. The van der Waals surface area contributed by atoms with Crippen LogP contribution in [0.1, 0.15) is 80.1 Å². The molecule has 7 heteroatoms. The minimum absolute atomic E-state index is 0.0195. The Morgan fingerprint density at radius 1 is 1.16 bits per heavy atom. The van der Waals surface area contributed by atoms with Gasteiger partial charge in [0.05, 0.1) is 0 Å². The fourth-order valence-electron chi connectivity index (χ4n) is 4.91. The number of hydrogen-bond acceptors (Lipinski definition) is 4. The Hall–Kier alpha value is -2.02. The predicted octanol–water partition coefficient (Wildman–Crippen LogP) is 3.63. The molecule has 0 unspecified atom stereocenters. The van der Waals surface area contributed by atoms with Crippen molar-refractivity contribution in [3.63, 3.8) is 0 Å². The predicted molar refractivity (Wildman–Crippen MR) is 123 cm³/mol. The molecule has 0 spiro atoms. The van der Waals surface area contributed by atoms with Crippen LogP contribution < -0.4 is 10.6 Å². The lowest BCUT2D eigenvalue weighted by molar-refractivity contribution is -0.132. The highest BCUT2D eigenvalue weighted by Gasteiger charge is 2.48. The summed E-state index contributed by atoms with van der Waals surface area (Å²) < 4.78 is 0. The Labute approximate surface area is 188 Å². The first-order valence-electron chi connectivity index (χ1n) is 11.6. The molecule has 2 N–H and O–H groups in total. The molecule has 1 aromatic rings. The van der Waals surface area contributed by atoms with E-state index in [1.165, 1.54) is 12.8 Å². The van der Waals surface area contributed by atoms with Gasteiger partial charge in [-0.05, 0) is 30.4 Å². The van der Waals surface area contributed by atoms with Crippen LogP contribution in [0.2, 0.25) is 0 Å². The van der Waals surface area contributed by atoms with E-state index < -0.39 is 12.1 Å². The molecular formula is C24H33N3O3S. The fraction of sp³-hybridized carbons (Fsp3) is 0.625. The van der Waals surface area contributed by atoms with Gasteiger partial charge in [-0.25, -0.2) is 0 Å². The summed E-state index contributed by atoms with van der Waals surface area (Å²) in [7, 11) is 0. The maximum atomic E-state index is 13.3. The van der Waals surface area contributed by atoms with Crippen molar-refractivity contribution >= 4 is 29.5 Å². The van der Waals surface area contributed by atoms with Crippen LogP contribution in [0.15, 0.2) is 24.3 Å². The van der Waals surface area contributed by atoms with Gasteiger partial charge in [-0.15, -0.1) is 11.8 Å². The van der Waals surface area contributed by atoms with E-state index >= 15 is 0 Å². The molecule has 2 aliphatic heterocycles. The summed E-state index contributed by atoms with van der Waals surface area (Å²) in [5, 5.41) is 6.11. The first kappa shape index (κ1) is 22.2. The highest BCUT2D eigenvalue weighted by molar-refractivity contribution is 7.99. The number of amides is 3. The minimum atomic E-state index is -0.579. The van der Waals surface area contributed by atoms with Crippen LogP contribution in [0.5, 0.6) is 0 Å². The number of nitrogens with one attached hydrogen (secondary N) is 2. The molecule has 1 saturated heterocycles. The number of thioether (sulfide) groups is 1. The summed E-state index contributed by atoms with van der Waals surface area (Å²) in [6, 6.07) is 6.65. The second-order valence-electron chi connectivity index (χ2n) is 9.07. The zero-order valence-electron chi connectivity index (χ0n) is 18.4. The van der Waals surface area contributed by atoms with Crippen molar-refractivity contribution in [3.05, 3.63) is 35.4 Å². The summed E-state index contributed by atoms with van der Waals surface area (Å²) in [4.78, 5) is 41.0. The van der Waals surface area contributed by atoms with Gasteiger partial charge in [0.25, 0.3) is 5.91 Å². The zero-order chi connectivity index (χ0) is 22.0. The average Bonchev–Trinajstić information content (AvgIpc) is 3.22. The summed E-state index contributed by atoms with van der Waals surface area (Å²) in [6.45, 7) is 4.03. The molecule has 168 valence electrons. The maximum absolute atomic E-state index is 13.3. The standard InChI is InChI=1S/C24H33N3O3S/c1-3-15(2)20(22(29)25-16-10-6-4-5-7-11-16)26-21(28)19-14-31-24-18-13-9-8-12-17(18)23(30)27(19)24/h8-9,12-13,15-16,19-20,24H,3-7,10-11,14H2,1-2H3,(H,25,29)(H,26,28)/t15-,19+,20+,24-/m1/s1. The molecule has 31 heavy (non-hydrogen) atoms. The first-order valence-corrected chi connectivity index (χ1v) is 12.7. The number of benzene rings is 1. The molecule has 0 aromatic heterocycles. The Morgan fingerprint density at radius 2 is 1.87 bits per heavy atom. The second kappa shape index (κ2) is 9.63. The van der Waals surface area contributed by atoms with Gasteiger partial charge in [0, 0.05) is 17.4 Å². The van der Waals surface area contributed by atoms with E-state index in [1.54, 1.807) is 16.7 Å². The van der Waals surface area contributed by atoms with Gasteiger partial charge in [0.15, 0.2) is 0 Å². The van der Waals surface area contributed by atoms with Crippen LogP contribution in [0.25, 0.3) is 0 Å². The van der Waals surface area contributed by atoms with E-state index in [4.69, 9.17) is 0 Å². The number of carbonyl (C=O) groups excluding carboxylic acids is 3. The molecule has 0 radical (unpaired) electrons. The number of rotatable bonds is 6. The lowest BCUT2D eigenvalue weighted by Gasteiger charge is -2.29. The third-order valence-corrected chi connectivity index (χ3v) is 8.29. The summed E-state index contributed by atoms with van der Waals surface area (Å²) in [6.07, 6.45) is 7.55. The van der Waals surface area contributed by atoms with Gasteiger partial charge in [-0.1, -0.05) is 64.2 Å². The van der Waals surface area contributed by atoms with Crippen molar-refractivity contribution in [3.8, 4) is 0 Å². The van der Waals surface area contributed by atoms with Crippen LogP contribution in [0.3, 0.4) is 0 Å². The Bertz CT molecular complexity index is 837. The largest absolute Gasteiger partial charge is 0.352 e. The molecule has 4 rings (SSSR count). The zero-order valence-corrected chi connectivity index (χ0v) is 19.2. The van der Waals surface area contributed by atoms with Crippen molar-refractivity contribution in [2.75, 3.05) is 5.75 Å². The molecule has 1 aromatic carbocycles. The van der Waals surface area contributed by atoms with Crippen LogP contribution in [0, 0.1) is 5.92 Å². The number of fused-ring (bicyclic) bond motifs is 3. The van der Waals surface area contributed by atoms with Gasteiger partial charge in [0.2, 0.25) is 11.8 Å². The smallest absolute Gasteiger partial charge is 0.256 e. The SMILES string of the molecule is CC[C@@H](C)[C@H](NC(=O)[C@@H]1CS[C@@H]2c3ccccc3C(=O)N21)C(=O)NC1CCCCCC1. The second-order valence-corrected chi connectivity index (χ2v) is 10.2. The third-order valence-electron chi connectivity index (χ3n) is 6.99. The van der Waals surface area contributed by atoms with Gasteiger partial charge >= 0.3 is 0 Å². The minimum Gasteiger partial charge on any atom is -0.352 e. The fourth-order valence-corrected chi connectivity index (χ4v) is 6.37. The first-order chi connectivity index (χ1) is 15.0. The van der Waals surface area contributed by atoms with E-state index in [0.717, 1.165) is 37.7 Å². The van der Waals surface area contributed by atoms with Crippen molar-refractivity contribution in [2.45, 2.75) is 82.3 Å². The molecule has 2 fully saturated rings. The summed E-state index contributed by atoms with van der Waals surface area (Å²) in [5.74, 6) is 0.165. The van der Waals surface area contributed by atoms with Crippen molar-refractivity contribution in [2.24, 2.45) is 5.92 Å². The summed E-state index contributed by atoms with van der Waals surface area (Å²) in [5.41, 5.74) is 1.67. The molecule has 0 bridgehead atoms. The molecule has 4 atom stereocenters. The lowest BCUT2D eigenvalue weighted by Crippen LogP contribution is -2.56. The van der Waals surface area contributed by atoms with E-state index in [-0.39, 0.29) is 35.1 Å². The Kier molecular flexibility index (Phi) is 6.89. The molecule has 6 nitrogen and oxygen atoms in total. The monoisotopic (exact) mass is 443 g/mol. The number of carbonyl (C=O) groups is 3. The molecule has 3 aliphatic rings. The average molecular weight is 444 g/mol. The highest BCUT2D eigenvalue weighted by Crippen LogP contribution is 2.48. The Balaban J connectivity index is 1.44. The highest BCUT2D eigenvalue weighted by atomic mass is 32.2. The van der Waals surface area contributed by atoms with Crippen LogP contribution in [0.4, 0.5) is 0 Å². The van der Waals surface area contributed by atoms with Gasteiger partial charge in [-0.2, -0.15) is 0 Å². The van der Waals surface area contributed by atoms with Crippen molar-refractivity contribution in [1.82, 2.24) is 15.5 Å². The van der Waals surface area contributed by atoms with Gasteiger partial charge in [-0.3, -0.25) is 14.4 Å². The van der Waals surface area contributed by atoms with E-state index in [0.29, 0.717) is 11.3 Å². The van der Waals surface area contributed by atoms with Gasteiger partial charge < -0.3 is 15.5 Å².